The highest BCUT2D eigenvalue weighted by atomic mass is 16.3. The minimum Gasteiger partial charge on any atom is -0.392 e. The first-order valence-electron chi connectivity index (χ1n) is 9.10. The Kier molecular flexibility index (Phi) is 5.46. The first kappa shape index (κ1) is 18.9. The van der Waals surface area contributed by atoms with Crippen molar-refractivity contribution in [1.82, 2.24) is 14.7 Å². The van der Waals surface area contributed by atoms with Crippen molar-refractivity contribution in [2.24, 2.45) is 0 Å². The van der Waals surface area contributed by atoms with Crippen LogP contribution in [0, 0.1) is 20.8 Å². The van der Waals surface area contributed by atoms with Gasteiger partial charge < -0.3 is 15.7 Å². The molecule has 6 nitrogen and oxygen atoms in total. The fourth-order valence-corrected chi connectivity index (χ4v) is 3.13. The molecule has 1 aromatic carbocycles. The highest BCUT2D eigenvalue weighted by Gasteiger charge is 2.13. The summed E-state index contributed by atoms with van der Waals surface area (Å²) in [5, 5.41) is 15.6. The van der Waals surface area contributed by atoms with Gasteiger partial charge >= 0.3 is 0 Å². The highest BCUT2D eigenvalue weighted by Crippen LogP contribution is 2.20. The van der Waals surface area contributed by atoms with Gasteiger partial charge in [-0.2, -0.15) is 0 Å². The van der Waals surface area contributed by atoms with Gasteiger partial charge in [-0.1, -0.05) is 18.2 Å². The first-order chi connectivity index (χ1) is 12.8. The second kappa shape index (κ2) is 7.80. The van der Waals surface area contributed by atoms with Crippen molar-refractivity contribution in [3.63, 3.8) is 0 Å². The third-order valence-electron chi connectivity index (χ3n) is 4.60. The molecule has 27 heavy (non-hydrogen) atoms. The molecule has 2 heterocycles. The van der Waals surface area contributed by atoms with E-state index in [1.54, 1.807) is 13.0 Å². The molecule has 3 aromatic rings. The molecule has 0 aliphatic heterocycles. The number of aromatic nitrogens is 2. The molecule has 0 aliphatic carbocycles. The first-order valence-corrected chi connectivity index (χ1v) is 9.10. The number of nitrogens with one attached hydrogen (secondary N) is 2. The third kappa shape index (κ3) is 4.28. The predicted octanol–water partition coefficient (Wildman–Crippen LogP) is 2.98. The summed E-state index contributed by atoms with van der Waals surface area (Å²) >= 11 is 0. The number of benzene rings is 1. The molecule has 0 spiro atoms. The average Bonchev–Trinajstić information content (AvgIpc) is 2.99. The quantitative estimate of drug-likeness (QED) is 0.627. The topological polar surface area (TPSA) is 78.7 Å². The van der Waals surface area contributed by atoms with Gasteiger partial charge in [0.1, 0.15) is 11.5 Å². The smallest absolute Gasteiger partial charge is 0.251 e. The fourth-order valence-electron chi connectivity index (χ4n) is 3.13. The summed E-state index contributed by atoms with van der Waals surface area (Å²) in [6, 6.07) is 9.83. The number of pyridine rings is 1. The number of anilines is 1. The molecule has 1 atom stereocenters. The van der Waals surface area contributed by atoms with Crippen LogP contribution in [0.5, 0.6) is 0 Å². The number of aliphatic hydroxyl groups is 1. The highest BCUT2D eigenvalue weighted by molar-refractivity contribution is 5.96. The maximum Gasteiger partial charge on any atom is 0.251 e. The van der Waals surface area contributed by atoms with Gasteiger partial charge in [0.05, 0.1) is 11.8 Å². The number of nitrogens with zero attached hydrogens (tertiary/aromatic N) is 2. The van der Waals surface area contributed by atoms with E-state index in [0.29, 0.717) is 17.8 Å². The molecule has 2 aromatic heterocycles. The lowest BCUT2D eigenvalue weighted by Gasteiger charge is -2.15. The number of rotatable bonds is 6. The van der Waals surface area contributed by atoms with Crippen molar-refractivity contribution >= 4 is 17.4 Å². The van der Waals surface area contributed by atoms with Crippen molar-refractivity contribution < 1.29 is 9.90 Å². The molecule has 142 valence electrons. The van der Waals surface area contributed by atoms with Crippen LogP contribution in [0.3, 0.4) is 0 Å². The molecule has 1 amide bonds. The van der Waals surface area contributed by atoms with Crippen LogP contribution in [0.2, 0.25) is 0 Å². The zero-order valence-corrected chi connectivity index (χ0v) is 16.2. The summed E-state index contributed by atoms with van der Waals surface area (Å²) in [6.45, 7) is 8.63. The summed E-state index contributed by atoms with van der Waals surface area (Å²) in [5.41, 5.74) is 5.80. The van der Waals surface area contributed by atoms with E-state index < -0.39 is 6.10 Å². The number of aliphatic hydroxyl groups excluding tert-OH is 1. The van der Waals surface area contributed by atoms with Crippen LogP contribution in [-0.2, 0) is 6.54 Å². The number of fused-ring (bicyclic) bond motifs is 1. The average molecular weight is 366 g/mol. The molecule has 1 unspecified atom stereocenters. The molecule has 3 rings (SSSR count). The van der Waals surface area contributed by atoms with Crippen LogP contribution in [-0.4, -0.2) is 33.0 Å². The maximum absolute atomic E-state index is 12.4. The Hall–Kier alpha value is -2.86. The summed E-state index contributed by atoms with van der Waals surface area (Å²) in [6.07, 6.45) is 1.35. The number of aryl methyl sites for hydroxylation is 3. The Morgan fingerprint density at radius 1 is 1.22 bits per heavy atom. The second-order valence-corrected chi connectivity index (χ2v) is 7.02. The number of hydrogen-bond donors (Lipinski definition) is 3. The Morgan fingerprint density at radius 2 is 1.93 bits per heavy atom. The molecule has 0 radical (unpaired) electrons. The Labute approximate surface area is 159 Å². The van der Waals surface area contributed by atoms with Crippen LogP contribution in [0.4, 0.5) is 5.82 Å². The molecule has 0 saturated carbocycles. The predicted molar refractivity (Wildman–Crippen MR) is 107 cm³/mol. The van der Waals surface area contributed by atoms with Gasteiger partial charge in [0.2, 0.25) is 0 Å². The fraction of sp³-hybridized carbons (Fsp3) is 0.333. The van der Waals surface area contributed by atoms with Crippen molar-refractivity contribution in [2.75, 3.05) is 11.9 Å². The molecule has 0 fully saturated rings. The van der Waals surface area contributed by atoms with Gasteiger partial charge in [0.15, 0.2) is 0 Å². The normalized spacial score (nSPS) is 12.2. The lowest BCUT2D eigenvalue weighted by molar-refractivity contribution is 0.0924. The van der Waals surface area contributed by atoms with E-state index in [9.17, 15) is 9.90 Å². The number of imidazole rings is 1. The van der Waals surface area contributed by atoms with Gasteiger partial charge in [-0.05, 0) is 56.5 Å². The molecule has 3 N–H and O–H groups in total. The van der Waals surface area contributed by atoms with Crippen LogP contribution in [0.15, 0.2) is 36.5 Å². The standard InChI is InChI=1S/C21H26N4O2/c1-13-6-5-7-14(2)18(13)11-22-19-8-17(21(27)23-10-16(4)26)9-20-24-15(3)12-25(19)20/h5-9,12,16,22,26H,10-11H2,1-4H3,(H,23,27). The van der Waals surface area contributed by atoms with Gasteiger partial charge in [-0.15, -0.1) is 0 Å². The van der Waals surface area contributed by atoms with E-state index in [1.807, 2.05) is 23.6 Å². The van der Waals surface area contributed by atoms with Crippen molar-refractivity contribution in [2.45, 2.75) is 40.3 Å². The SMILES string of the molecule is Cc1cn2c(NCc3c(C)cccc3C)cc(C(=O)NCC(C)O)cc2n1. The van der Waals surface area contributed by atoms with Crippen LogP contribution in [0.25, 0.3) is 5.65 Å². The van der Waals surface area contributed by atoms with E-state index in [4.69, 9.17) is 0 Å². The second-order valence-electron chi connectivity index (χ2n) is 7.02. The molecule has 0 saturated heterocycles. The largest absolute Gasteiger partial charge is 0.392 e. The van der Waals surface area contributed by atoms with E-state index in [-0.39, 0.29) is 12.5 Å². The lowest BCUT2D eigenvalue weighted by atomic mass is 10.0. The summed E-state index contributed by atoms with van der Waals surface area (Å²) in [7, 11) is 0. The van der Waals surface area contributed by atoms with Crippen molar-refractivity contribution in [3.8, 4) is 0 Å². The van der Waals surface area contributed by atoms with Gasteiger partial charge in [0.25, 0.3) is 5.91 Å². The number of amides is 1. The van der Waals surface area contributed by atoms with E-state index >= 15 is 0 Å². The van der Waals surface area contributed by atoms with E-state index in [2.05, 4.69) is 47.7 Å². The lowest BCUT2D eigenvalue weighted by Crippen LogP contribution is -2.30. The third-order valence-corrected chi connectivity index (χ3v) is 4.60. The minimum atomic E-state index is -0.590. The van der Waals surface area contributed by atoms with E-state index in [0.717, 1.165) is 11.5 Å². The Bertz CT molecular complexity index is 955. The number of hydrogen-bond acceptors (Lipinski definition) is 4. The minimum absolute atomic E-state index is 0.211. The van der Waals surface area contributed by atoms with Crippen LogP contribution >= 0.6 is 0 Å². The number of carbonyl (C=O) groups is 1. The molecular formula is C21H26N4O2. The van der Waals surface area contributed by atoms with Crippen LogP contribution in [0.1, 0.15) is 39.7 Å². The summed E-state index contributed by atoms with van der Waals surface area (Å²) in [4.78, 5) is 16.9. The monoisotopic (exact) mass is 366 g/mol. The molecule has 0 bridgehead atoms. The molecule has 0 aliphatic rings. The molecule has 6 heteroatoms. The Morgan fingerprint density at radius 3 is 2.59 bits per heavy atom. The molecular weight excluding hydrogens is 340 g/mol. The maximum atomic E-state index is 12.4. The van der Waals surface area contributed by atoms with Crippen molar-refractivity contribution in [3.05, 3.63) is 64.5 Å². The Balaban J connectivity index is 1.92. The van der Waals surface area contributed by atoms with Gasteiger partial charge in [-0.25, -0.2) is 4.98 Å². The summed E-state index contributed by atoms with van der Waals surface area (Å²) < 4.78 is 1.95. The van der Waals surface area contributed by atoms with Gasteiger partial charge in [0, 0.05) is 24.8 Å². The van der Waals surface area contributed by atoms with E-state index in [1.165, 1.54) is 16.7 Å². The van der Waals surface area contributed by atoms with Crippen molar-refractivity contribution in [1.29, 1.82) is 0 Å². The summed E-state index contributed by atoms with van der Waals surface area (Å²) in [5.74, 6) is 0.576. The van der Waals surface area contributed by atoms with Crippen LogP contribution < -0.4 is 10.6 Å². The number of carbonyl (C=O) groups excluding carboxylic acids is 1. The zero-order chi connectivity index (χ0) is 19.6. The van der Waals surface area contributed by atoms with Gasteiger partial charge in [-0.3, -0.25) is 9.20 Å². The zero-order valence-electron chi connectivity index (χ0n) is 16.2.